The smallest absolute Gasteiger partial charge is 0.254 e. The summed E-state index contributed by atoms with van der Waals surface area (Å²) >= 11 is 0. The lowest BCUT2D eigenvalue weighted by molar-refractivity contribution is -0.136. The topological polar surface area (TPSA) is 91.4 Å². The zero-order valence-electron chi connectivity index (χ0n) is 12.4. The SMILES string of the molecule is O=C(c1ccc2n[nH]nc2c1)N1CC[C@@]23OCCN2C(=O)C[C@@H]13. The van der Waals surface area contributed by atoms with Crippen molar-refractivity contribution in [2.24, 2.45) is 0 Å². The van der Waals surface area contributed by atoms with E-state index >= 15 is 0 Å². The number of aromatic nitrogens is 3. The Morgan fingerprint density at radius 3 is 3.09 bits per heavy atom. The largest absolute Gasteiger partial charge is 0.351 e. The van der Waals surface area contributed by atoms with Crippen molar-refractivity contribution in [3.63, 3.8) is 0 Å². The molecule has 0 bridgehead atoms. The van der Waals surface area contributed by atoms with Crippen molar-refractivity contribution in [2.45, 2.75) is 24.6 Å². The molecule has 3 aliphatic rings. The molecular formula is C15H15N5O3. The van der Waals surface area contributed by atoms with Crippen molar-refractivity contribution < 1.29 is 14.3 Å². The molecule has 5 rings (SSSR count). The molecule has 0 aliphatic carbocycles. The zero-order chi connectivity index (χ0) is 15.6. The molecule has 1 aromatic carbocycles. The first kappa shape index (κ1) is 13.0. The van der Waals surface area contributed by atoms with Crippen LogP contribution < -0.4 is 0 Å². The van der Waals surface area contributed by atoms with E-state index < -0.39 is 5.72 Å². The van der Waals surface area contributed by atoms with E-state index in [0.29, 0.717) is 43.6 Å². The average molecular weight is 313 g/mol. The second kappa shape index (κ2) is 4.29. The fourth-order valence-electron chi connectivity index (χ4n) is 4.17. The number of fused-ring (bicyclic) bond motifs is 1. The summed E-state index contributed by atoms with van der Waals surface area (Å²) in [5.41, 5.74) is 1.35. The molecule has 1 spiro atoms. The lowest BCUT2D eigenvalue weighted by Gasteiger charge is -2.31. The first-order valence-electron chi connectivity index (χ1n) is 7.75. The van der Waals surface area contributed by atoms with Crippen molar-refractivity contribution in [3.8, 4) is 0 Å². The summed E-state index contributed by atoms with van der Waals surface area (Å²) in [6.07, 6.45) is 1.03. The molecule has 3 aliphatic heterocycles. The van der Waals surface area contributed by atoms with Gasteiger partial charge in [-0.15, -0.1) is 0 Å². The fraction of sp³-hybridized carbons (Fsp3) is 0.467. The Labute approximate surface area is 131 Å². The van der Waals surface area contributed by atoms with Crippen molar-refractivity contribution in [1.29, 1.82) is 0 Å². The Kier molecular flexibility index (Phi) is 2.42. The maximum Gasteiger partial charge on any atom is 0.254 e. The second-order valence-electron chi connectivity index (χ2n) is 6.23. The zero-order valence-corrected chi connectivity index (χ0v) is 12.4. The Bertz CT molecular complexity index is 833. The van der Waals surface area contributed by atoms with Gasteiger partial charge in [0.05, 0.1) is 19.1 Å². The van der Waals surface area contributed by atoms with E-state index in [1.165, 1.54) is 0 Å². The molecule has 2 atom stereocenters. The predicted octanol–water partition coefficient (Wildman–Crippen LogP) is 0.131. The molecule has 8 nitrogen and oxygen atoms in total. The van der Waals surface area contributed by atoms with Crippen LogP contribution in [-0.4, -0.2) is 68.5 Å². The molecule has 0 radical (unpaired) electrons. The van der Waals surface area contributed by atoms with E-state index in [1.54, 1.807) is 23.1 Å². The first-order valence-corrected chi connectivity index (χ1v) is 7.75. The maximum atomic E-state index is 12.9. The Hall–Kier alpha value is -2.48. The first-order chi connectivity index (χ1) is 11.2. The summed E-state index contributed by atoms with van der Waals surface area (Å²) in [4.78, 5) is 28.7. The van der Waals surface area contributed by atoms with Gasteiger partial charge in [-0.3, -0.25) is 9.59 Å². The third-order valence-corrected chi connectivity index (χ3v) is 5.22. The highest BCUT2D eigenvalue weighted by Crippen LogP contribution is 2.45. The molecule has 1 aromatic heterocycles. The van der Waals surface area contributed by atoms with Crippen molar-refractivity contribution in [2.75, 3.05) is 19.7 Å². The van der Waals surface area contributed by atoms with Crippen LogP contribution in [0.1, 0.15) is 23.2 Å². The number of hydrogen-bond donors (Lipinski definition) is 1. The quantitative estimate of drug-likeness (QED) is 0.808. The Morgan fingerprint density at radius 2 is 2.17 bits per heavy atom. The normalized spacial score (nSPS) is 29.4. The fourth-order valence-corrected chi connectivity index (χ4v) is 4.17. The summed E-state index contributed by atoms with van der Waals surface area (Å²) in [5.74, 6) is -0.00104. The minimum Gasteiger partial charge on any atom is -0.351 e. The molecule has 3 saturated heterocycles. The molecule has 3 fully saturated rings. The number of H-pyrrole nitrogens is 1. The second-order valence-corrected chi connectivity index (χ2v) is 6.23. The Morgan fingerprint density at radius 1 is 1.30 bits per heavy atom. The van der Waals surface area contributed by atoms with Crippen LogP contribution in [0.4, 0.5) is 0 Å². The van der Waals surface area contributed by atoms with Gasteiger partial charge in [0.1, 0.15) is 11.0 Å². The summed E-state index contributed by atoms with van der Waals surface area (Å²) in [6.45, 7) is 1.78. The number of ether oxygens (including phenoxy) is 1. The van der Waals surface area contributed by atoms with Gasteiger partial charge in [-0.1, -0.05) is 0 Å². The third-order valence-electron chi connectivity index (χ3n) is 5.22. The summed E-state index contributed by atoms with van der Waals surface area (Å²) in [6, 6.07) is 5.06. The van der Waals surface area contributed by atoms with Crippen molar-refractivity contribution in [1.82, 2.24) is 25.2 Å². The number of aromatic amines is 1. The lowest BCUT2D eigenvalue weighted by Crippen LogP contribution is -2.48. The van der Waals surface area contributed by atoms with Crippen LogP contribution in [0.15, 0.2) is 18.2 Å². The maximum absolute atomic E-state index is 12.9. The van der Waals surface area contributed by atoms with Crippen LogP contribution in [0.5, 0.6) is 0 Å². The number of amides is 2. The minimum absolute atomic E-state index is 0.0805. The molecule has 2 amide bonds. The minimum atomic E-state index is -0.593. The number of hydrogen-bond acceptors (Lipinski definition) is 5. The summed E-state index contributed by atoms with van der Waals surface area (Å²) in [5, 5.41) is 10.6. The van der Waals surface area contributed by atoms with Gasteiger partial charge in [0.25, 0.3) is 5.91 Å². The predicted molar refractivity (Wildman–Crippen MR) is 78.3 cm³/mol. The molecule has 8 heteroatoms. The molecule has 23 heavy (non-hydrogen) atoms. The van der Waals surface area contributed by atoms with Gasteiger partial charge in [-0.2, -0.15) is 15.4 Å². The van der Waals surface area contributed by atoms with E-state index in [2.05, 4.69) is 15.4 Å². The van der Waals surface area contributed by atoms with Gasteiger partial charge in [0.2, 0.25) is 5.91 Å². The summed E-state index contributed by atoms with van der Waals surface area (Å²) < 4.78 is 5.92. The number of carbonyl (C=O) groups is 2. The highest BCUT2D eigenvalue weighted by molar-refractivity contribution is 5.98. The number of nitrogens with one attached hydrogen (secondary N) is 1. The number of benzene rings is 1. The van der Waals surface area contributed by atoms with Crippen LogP contribution in [0.25, 0.3) is 11.0 Å². The average Bonchev–Trinajstić information content (AvgIpc) is 3.28. The van der Waals surface area contributed by atoms with Crippen LogP contribution >= 0.6 is 0 Å². The molecule has 1 N–H and O–H groups in total. The van der Waals surface area contributed by atoms with Crippen LogP contribution in [0.3, 0.4) is 0 Å². The van der Waals surface area contributed by atoms with Gasteiger partial charge in [-0.25, -0.2) is 0 Å². The van der Waals surface area contributed by atoms with Crippen molar-refractivity contribution >= 4 is 22.8 Å². The number of carbonyl (C=O) groups excluding carboxylic acids is 2. The molecule has 0 saturated carbocycles. The van der Waals surface area contributed by atoms with Crippen LogP contribution in [0.2, 0.25) is 0 Å². The molecule has 2 aromatic rings. The molecule has 0 unspecified atom stereocenters. The molecule has 118 valence electrons. The number of rotatable bonds is 1. The van der Waals surface area contributed by atoms with Gasteiger partial charge >= 0.3 is 0 Å². The van der Waals surface area contributed by atoms with E-state index in [9.17, 15) is 9.59 Å². The van der Waals surface area contributed by atoms with Crippen LogP contribution in [-0.2, 0) is 9.53 Å². The van der Waals surface area contributed by atoms with Gasteiger partial charge in [0.15, 0.2) is 5.72 Å². The highest BCUT2D eigenvalue weighted by Gasteiger charge is 2.62. The Balaban J connectivity index is 1.50. The molecular weight excluding hydrogens is 298 g/mol. The summed E-state index contributed by atoms with van der Waals surface area (Å²) in [7, 11) is 0. The third kappa shape index (κ3) is 1.58. The van der Waals surface area contributed by atoms with Crippen LogP contribution in [0, 0.1) is 0 Å². The number of likely N-dealkylation sites (tertiary alicyclic amines) is 1. The van der Waals surface area contributed by atoms with Crippen molar-refractivity contribution in [3.05, 3.63) is 23.8 Å². The highest BCUT2D eigenvalue weighted by atomic mass is 16.5. The van der Waals surface area contributed by atoms with Gasteiger partial charge < -0.3 is 14.5 Å². The standard InChI is InChI=1S/C15H15N5O3/c21-13-8-12-15(20(13)5-6-23-15)3-4-19(12)14(22)9-1-2-10-11(7-9)17-18-16-10/h1-2,7,12H,3-6,8H2,(H,16,17,18)/t12-,15+/m1/s1. The van der Waals surface area contributed by atoms with E-state index in [-0.39, 0.29) is 17.9 Å². The molecule has 4 heterocycles. The van der Waals surface area contributed by atoms with E-state index in [0.717, 1.165) is 5.52 Å². The van der Waals surface area contributed by atoms with Gasteiger partial charge in [0, 0.05) is 25.1 Å². The monoisotopic (exact) mass is 313 g/mol. The van der Waals surface area contributed by atoms with E-state index in [1.807, 2.05) is 4.90 Å². The van der Waals surface area contributed by atoms with Gasteiger partial charge in [-0.05, 0) is 18.2 Å². The number of nitrogens with zero attached hydrogens (tertiary/aromatic N) is 4. The lowest BCUT2D eigenvalue weighted by atomic mass is 10.1. The van der Waals surface area contributed by atoms with E-state index in [4.69, 9.17) is 4.74 Å².